The molecule has 0 fully saturated rings. The maximum absolute atomic E-state index is 12.9. The van der Waals surface area contributed by atoms with Crippen LogP contribution in [0.25, 0.3) is 11.6 Å². The first-order valence-electron chi connectivity index (χ1n) is 5.88. The third-order valence-electron chi connectivity index (χ3n) is 2.85. The second-order valence-electron chi connectivity index (χ2n) is 4.22. The standard InChI is InChI=1S/C16H14FIO/c1-11(9-12-3-5-13(17)6-4-12)15-8-7-14(19-2)10-16(15)18/h3-10H,1-2H3/b11-9+. The van der Waals surface area contributed by atoms with E-state index in [1.54, 1.807) is 19.2 Å². The lowest BCUT2D eigenvalue weighted by molar-refractivity contribution is 0.414. The summed E-state index contributed by atoms with van der Waals surface area (Å²) in [4.78, 5) is 0. The predicted octanol–water partition coefficient (Wildman–Crippen LogP) is 5.00. The Balaban J connectivity index is 2.33. The lowest BCUT2D eigenvalue weighted by Gasteiger charge is -2.07. The Hall–Kier alpha value is -1.36. The molecule has 0 N–H and O–H groups in total. The van der Waals surface area contributed by atoms with Crippen LogP contribution in [-0.2, 0) is 0 Å². The quantitative estimate of drug-likeness (QED) is 0.547. The van der Waals surface area contributed by atoms with Crippen molar-refractivity contribution in [2.45, 2.75) is 6.92 Å². The van der Waals surface area contributed by atoms with Crippen LogP contribution in [0.15, 0.2) is 42.5 Å². The van der Waals surface area contributed by atoms with Crippen LogP contribution < -0.4 is 4.74 Å². The largest absolute Gasteiger partial charge is 0.497 e. The van der Waals surface area contributed by atoms with Gasteiger partial charge in [-0.3, -0.25) is 0 Å². The first kappa shape index (κ1) is 14.1. The van der Waals surface area contributed by atoms with Crippen LogP contribution in [0.1, 0.15) is 18.1 Å². The van der Waals surface area contributed by atoms with E-state index < -0.39 is 0 Å². The van der Waals surface area contributed by atoms with E-state index in [2.05, 4.69) is 22.6 Å². The highest BCUT2D eigenvalue weighted by atomic mass is 127. The topological polar surface area (TPSA) is 9.23 Å². The average Bonchev–Trinajstić information content (AvgIpc) is 2.41. The number of hydrogen-bond donors (Lipinski definition) is 0. The van der Waals surface area contributed by atoms with Crippen LogP contribution in [0.4, 0.5) is 4.39 Å². The maximum atomic E-state index is 12.9. The monoisotopic (exact) mass is 368 g/mol. The van der Waals surface area contributed by atoms with Crippen molar-refractivity contribution >= 4 is 34.2 Å². The molecule has 0 atom stereocenters. The van der Waals surface area contributed by atoms with Gasteiger partial charge in [-0.15, -0.1) is 0 Å². The molecule has 19 heavy (non-hydrogen) atoms. The van der Waals surface area contributed by atoms with Crippen molar-refractivity contribution in [2.75, 3.05) is 7.11 Å². The Kier molecular flexibility index (Phi) is 4.58. The third-order valence-corrected chi connectivity index (χ3v) is 3.75. The molecule has 0 bridgehead atoms. The van der Waals surface area contributed by atoms with Gasteiger partial charge in [0.1, 0.15) is 11.6 Å². The van der Waals surface area contributed by atoms with Crippen molar-refractivity contribution in [3.63, 3.8) is 0 Å². The molecule has 3 heteroatoms. The summed E-state index contributed by atoms with van der Waals surface area (Å²) in [6.07, 6.45) is 2.05. The van der Waals surface area contributed by atoms with Crippen molar-refractivity contribution < 1.29 is 9.13 Å². The molecule has 0 spiro atoms. The molecule has 2 aromatic rings. The highest BCUT2D eigenvalue weighted by Gasteiger charge is 2.04. The fourth-order valence-electron chi connectivity index (χ4n) is 1.83. The van der Waals surface area contributed by atoms with E-state index in [1.807, 2.05) is 31.2 Å². The maximum Gasteiger partial charge on any atom is 0.123 e. The summed E-state index contributed by atoms with van der Waals surface area (Å²) in [5, 5.41) is 0. The van der Waals surface area contributed by atoms with Crippen molar-refractivity contribution in [2.24, 2.45) is 0 Å². The van der Waals surface area contributed by atoms with Crippen LogP contribution in [0.3, 0.4) is 0 Å². The van der Waals surface area contributed by atoms with E-state index in [4.69, 9.17) is 4.74 Å². The fourth-order valence-corrected chi connectivity index (χ4v) is 2.74. The van der Waals surface area contributed by atoms with Gasteiger partial charge in [-0.1, -0.05) is 18.2 Å². The van der Waals surface area contributed by atoms with E-state index in [-0.39, 0.29) is 5.82 Å². The molecular formula is C16H14FIO. The van der Waals surface area contributed by atoms with Gasteiger partial charge in [0.05, 0.1) is 7.11 Å². The Morgan fingerprint density at radius 2 is 1.84 bits per heavy atom. The molecule has 1 nitrogen and oxygen atoms in total. The van der Waals surface area contributed by atoms with Crippen molar-refractivity contribution in [1.82, 2.24) is 0 Å². The zero-order valence-corrected chi connectivity index (χ0v) is 12.9. The summed E-state index contributed by atoms with van der Waals surface area (Å²) >= 11 is 2.29. The second kappa shape index (κ2) is 6.19. The van der Waals surface area contributed by atoms with Gasteiger partial charge >= 0.3 is 0 Å². The van der Waals surface area contributed by atoms with E-state index in [1.165, 1.54) is 12.1 Å². The summed E-state index contributed by atoms with van der Waals surface area (Å²) in [5.74, 6) is 0.636. The lowest BCUT2D eigenvalue weighted by atomic mass is 10.0. The predicted molar refractivity (Wildman–Crippen MR) is 85.7 cm³/mol. The van der Waals surface area contributed by atoms with E-state index in [9.17, 15) is 4.39 Å². The van der Waals surface area contributed by atoms with Crippen LogP contribution in [-0.4, -0.2) is 7.11 Å². The average molecular weight is 368 g/mol. The zero-order chi connectivity index (χ0) is 13.8. The van der Waals surface area contributed by atoms with E-state index in [0.29, 0.717) is 0 Å². The molecule has 0 saturated carbocycles. The molecule has 0 aliphatic heterocycles. The van der Waals surface area contributed by atoms with Crippen LogP contribution in [0, 0.1) is 9.39 Å². The van der Waals surface area contributed by atoms with Crippen LogP contribution in [0.5, 0.6) is 5.75 Å². The summed E-state index contributed by atoms with van der Waals surface area (Å²) in [7, 11) is 1.66. The van der Waals surface area contributed by atoms with E-state index in [0.717, 1.165) is 26.0 Å². The summed E-state index contributed by atoms with van der Waals surface area (Å²) in [5.41, 5.74) is 3.29. The van der Waals surface area contributed by atoms with Gasteiger partial charge in [0.2, 0.25) is 0 Å². The van der Waals surface area contributed by atoms with Crippen molar-refractivity contribution in [3.05, 3.63) is 63.0 Å². The number of benzene rings is 2. The van der Waals surface area contributed by atoms with Gasteiger partial charge in [0.15, 0.2) is 0 Å². The molecule has 0 saturated heterocycles. The minimum atomic E-state index is -0.214. The third kappa shape index (κ3) is 3.56. The second-order valence-corrected chi connectivity index (χ2v) is 5.39. The highest BCUT2D eigenvalue weighted by Crippen LogP contribution is 2.26. The smallest absolute Gasteiger partial charge is 0.123 e. The zero-order valence-electron chi connectivity index (χ0n) is 10.8. The van der Waals surface area contributed by atoms with Gasteiger partial charge in [-0.05, 0) is 76.5 Å². The van der Waals surface area contributed by atoms with Gasteiger partial charge in [-0.25, -0.2) is 4.39 Å². The van der Waals surface area contributed by atoms with Crippen molar-refractivity contribution in [3.8, 4) is 5.75 Å². The number of rotatable bonds is 3. The highest BCUT2D eigenvalue weighted by molar-refractivity contribution is 14.1. The summed E-state index contributed by atoms with van der Waals surface area (Å²) < 4.78 is 19.2. The Labute approximate surface area is 126 Å². The van der Waals surface area contributed by atoms with Crippen molar-refractivity contribution in [1.29, 1.82) is 0 Å². The van der Waals surface area contributed by atoms with Crippen LogP contribution >= 0.6 is 22.6 Å². The molecule has 2 rings (SSSR count). The number of allylic oxidation sites excluding steroid dienone is 1. The SMILES string of the molecule is COc1ccc(/C(C)=C/c2ccc(F)cc2)c(I)c1. The molecule has 2 aromatic carbocycles. The molecule has 0 aliphatic rings. The normalized spacial score (nSPS) is 11.5. The van der Waals surface area contributed by atoms with Crippen LogP contribution in [0.2, 0.25) is 0 Å². The lowest BCUT2D eigenvalue weighted by Crippen LogP contribution is -1.89. The molecule has 0 aromatic heterocycles. The minimum absolute atomic E-state index is 0.214. The van der Waals surface area contributed by atoms with Gasteiger partial charge < -0.3 is 4.74 Å². The molecule has 0 heterocycles. The number of halogens is 2. The number of ether oxygens (including phenoxy) is 1. The van der Waals surface area contributed by atoms with Gasteiger partial charge in [-0.2, -0.15) is 0 Å². The fraction of sp³-hybridized carbons (Fsp3) is 0.125. The Morgan fingerprint density at radius 3 is 2.42 bits per heavy atom. The minimum Gasteiger partial charge on any atom is -0.497 e. The first-order chi connectivity index (χ1) is 9.10. The first-order valence-corrected chi connectivity index (χ1v) is 6.96. The molecule has 98 valence electrons. The summed E-state index contributed by atoms with van der Waals surface area (Å²) in [6, 6.07) is 12.5. The molecule has 0 unspecified atom stereocenters. The van der Waals surface area contributed by atoms with Gasteiger partial charge in [0, 0.05) is 3.57 Å². The molecular weight excluding hydrogens is 354 g/mol. The summed E-state index contributed by atoms with van der Waals surface area (Å²) in [6.45, 7) is 2.05. The number of hydrogen-bond acceptors (Lipinski definition) is 1. The molecule has 0 aliphatic carbocycles. The Bertz CT molecular complexity index is 603. The molecule has 0 amide bonds. The van der Waals surface area contributed by atoms with Gasteiger partial charge in [0.25, 0.3) is 0 Å². The molecule has 0 radical (unpaired) electrons. The Morgan fingerprint density at radius 1 is 1.16 bits per heavy atom. The number of methoxy groups -OCH3 is 1. The van der Waals surface area contributed by atoms with E-state index >= 15 is 0 Å².